The van der Waals surface area contributed by atoms with Gasteiger partial charge in [0.15, 0.2) is 0 Å². The van der Waals surface area contributed by atoms with Gasteiger partial charge in [0.1, 0.15) is 0 Å². The van der Waals surface area contributed by atoms with E-state index in [-0.39, 0.29) is 0 Å². The molecule has 0 spiro atoms. The van der Waals surface area contributed by atoms with Gasteiger partial charge in [0.25, 0.3) is 0 Å². The molecule has 1 N–H and O–H groups in total. The van der Waals surface area contributed by atoms with Crippen LogP contribution in [-0.4, -0.2) is 35.0 Å². The standard InChI is InChI=1S/H2O3S.Pb/c1-4(2)3;/h(H2,1,2,3);/q;+1/p-1. The van der Waals surface area contributed by atoms with Gasteiger partial charge in [0.2, 0.25) is 0 Å². The molecule has 5 heteroatoms. The van der Waals surface area contributed by atoms with Gasteiger partial charge in [-0.05, 0) is 0 Å². The van der Waals surface area contributed by atoms with Gasteiger partial charge in [0, 0.05) is 0 Å². The third kappa shape index (κ3) is 4.99. The molecular formula is HO3PbS. The molecule has 0 aromatic carbocycles. The first kappa shape index (κ1) is 5.99. The summed E-state index contributed by atoms with van der Waals surface area (Å²) in [6.07, 6.45) is 0. The normalized spacial score (nSPS) is 14.8. The quantitative estimate of drug-likeness (QED) is 0.509. The van der Waals surface area contributed by atoms with E-state index in [0.717, 1.165) is 0 Å². The Morgan fingerprint density at radius 1 is 2.00 bits per heavy atom. The molecule has 0 aliphatic carbocycles. The molecule has 0 aromatic rings. The molecule has 0 amide bonds. The Labute approximate surface area is 48.5 Å². The Morgan fingerprint density at radius 2 is 2.20 bits per heavy atom. The monoisotopic (exact) mass is 289 g/mol. The van der Waals surface area contributed by atoms with Crippen molar-refractivity contribution in [2.75, 3.05) is 0 Å². The van der Waals surface area contributed by atoms with Crippen LogP contribution in [0.4, 0.5) is 0 Å². The summed E-state index contributed by atoms with van der Waals surface area (Å²) in [5, 5.41) is 0. The summed E-state index contributed by atoms with van der Waals surface area (Å²) in [6, 6.07) is 0. The first-order valence-corrected chi connectivity index (χ1v) is 3.34. The summed E-state index contributed by atoms with van der Waals surface area (Å²) >= 11 is -1.69. The zero-order valence-corrected chi connectivity index (χ0v) is 6.88. The van der Waals surface area contributed by atoms with Gasteiger partial charge in [-0.2, -0.15) is 0 Å². The van der Waals surface area contributed by atoms with E-state index in [1.165, 1.54) is 0 Å². The van der Waals surface area contributed by atoms with Gasteiger partial charge in [-0.25, -0.2) is 0 Å². The third-order valence-corrected chi connectivity index (χ3v) is 1.88. The van der Waals surface area contributed by atoms with Crippen LogP contribution in [0.25, 0.3) is 0 Å². The zero-order valence-electron chi connectivity index (χ0n) is 2.17. The summed E-state index contributed by atoms with van der Waals surface area (Å²) in [4.78, 5) is 0. The molecule has 0 aliphatic heterocycles. The Balaban J connectivity index is 2.85. The predicted molar refractivity (Wildman–Crippen MR) is 17.6 cm³/mol. The zero-order chi connectivity index (χ0) is 4.28. The fourth-order valence-electron chi connectivity index (χ4n) is 0. The van der Waals surface area contributed by atoms with Crippen LogP contribution in [0.5, 0.6) is 0 Å². The Kier molecular flexibility index (Phi) is 3.83. The van der Waals surface area contributed by atoms with Crippen LogP contribution in [0.3, 0.4) is 0 Å². The van der Waals surface area contributed by atoms with Gasteiger partial charge in [0.05, 0.1) is 0 Å². The van der Waals surface area contributed by atoms with E-state index in [0.29, 0.717) is 26.2 Å². The van der Waals surface area contributed by atoms with Crippen molar-refractivity contribution in [1.82, 2.24) is 0 Å². The third-order valence-electron chi connectivity index (χ3n) is 0.0713. The summed E-state index contributed by atoms with van der Waals surface area (Å²) in [5.41, 5.74) is 0. The Morgan fingerprint density at radius 3 is 2.20 bits per heavy atom. The topological polar surface area (TPSA) is 46.5 Å². The van der Waals surface area contributed by atoms with Crippen LogP contribution >= 0.6 is 0 Å². The molecule has 0 heterocycles. The van der Waals surface area contributed by atoms with Gasteiger partial charge < -0.3 is 0 Å². The molecule has 5 heavy (non-hydrogen) atoms. The maximum absolute atomic E-state index is 9.29. The minimum atomic E-state index is -2.01. The molecule has 0 saturated heterocycles. The van der Waals surface area contributed by atoms with E-state index in [9.17, 15) is 4.21 Å². The fraction of sp³-hybridized carbons (Fsp3) is 0. The van der Waals surface area contributed by atoms with E-state index >= 15 is 0 Å². The molecule has 0 aromatic heterocycles. The van der Waals surface area contributed by atoms with E-state index in [4.69, 9.17) is 4.55 Å². The van der Waals surface area contributed by atoms with Crippen molar-refractivity contribution in [2.24, 2.45) is 0 Å². The van der Waals surface area contributed by atoms with Crippen LogP contribution in [-0.2, 0) is 13.5 Å². The molecule has 3 nitrogen and oxygen atoms in total. The molecule has 0 aliphatic rings. The van der Waals surface area contributed by atoms with Crippen molar-refractivity contribution in [3.63, 3.8) is 0 Å². The summed E-state index contributed by atoms with van der Waals surface area (Å²) in [6.45, 7) is 0. The molecular weight excluding hydrogens is 287 g/mol. The molecule has 0 saturated carbocycles. The summed E-state index contributed by atoms with van der Waals surface area (Å²) in [5.74, 6) is 0. The summed E-state index contributed by atoms with van der Waals surface area (Å²) < 4.78 is 20.9. The van der Waals surface area contributed by atoms with E-state index in [2.05, 4.69) is 2.13 Å². The second kappa shape index (κ2) is 3.19. The minimum absolute atomic E-state index is 0.323. The van der Waals surface area contributed by atoms with Crippen molar-refractivity contribution in [2.45, 2.75) is 0 Å². The fourth-order valence-corrected chi connectivity index (χ4v) is 0. The molecule has 1 atom stereocenters. The maximum atomic E-state index is 9.29. The van der Waals surface area contributed by atoms with Crippen LogP contribution in [0, 0.1) is 0 Å². The first-order chi connectivity index (χ1) is 2.27. The molecule has 0 bridgehead atoms. The molecule has 0 fully saturated rings. The first-order valence-electron chi connectivity index (χ1n) is 0.720. The van der Waals surface area contributed by atoms with Crippen LogP contribution in [0.15, 0.2) is 0 Å². The van der Waals surface area contributed by atoms with Crippen LogP contribution < -0.4 is 0 Å². The van der Waals surface area contributed by atoms with E-state index in [1.54, 1.807) is 0 Å². The molecule has 1 unspecified atom stereocenters. The van der Waals surface area contributed by atoms with Crippen molar-refractivity contribution in [3.8, 4) is 0 Å². The van der Waals surface area contributed by atoms with Crippen molar-refractivity contribution < 1.29 is 10.9 Å². The Bertz CT molecular complexity index is 42.2. The number of hydrogen-bond acceptors (Lipinski definition) is 2. The van der Waals surface area contributed by atoms with E-state index < -0.39 is 11.4 Å². The van der Waals surface area contributed by atoms with Crippen molar-refractivity contribution in [3.05, 3.63) is 0 Å². The SMILES string of the molecule is O=S(O)[O][Pb]. The average molecular weight is 288 g/mol. The average Bonchev–Trinajstić information content (AvgIpc) is 1.38. The van der Waals surface area contributed by atoms with Crippen LogP contribution in [0.2, 0.25) is 0 Å². The Hall–Kier alpha value is 0.992. The predicted octanol–water partition coefficient (Wildman–Crippen LogP) is -0.777. The number of hydrogen-bond donors (Lipinski definition) is 1. The number of rotatable bonds is 1. The van der Waals surface area contributed by atoms with Gasteiger partial charge in [-0.15, -0.1) is 0 Å². The summed E-state index contributed by atoms with van der Waals surface area (Å²) in [7, 11) is 0. The van der Waals surface area contributed by atoms with Gasteiger partial charge in [-0.3, -0.25) is 0 Å². The molecule has 3 radical (unpaired) electrons. The second-order valence-corrected chi connectivity index (χ2v) is 2.85. The van der Waals surface area contributed by atoms with Crippen molar-refractivity contribution in [1.29, 1.82) is 0 Å². The van der Waals surface area contributed by atoms with Crippen molar-refractivity contribution >= 4 is 37.6 Å². The van der Waals surface area contributed by atoms with Gasteiger partial charge >= 0.3 is 48.5 Å². The molecule has 29 valence electrons. The van der Waals surface area contributed by atoms with Gasteiger partial charge in [-0.1, -0.05) is 0 Å². The van der Waals surface area contributed by atoms with Crippen LogP contribution in [0.1, 0.15) is 0 Å². The molecule has 0 rings (SSSR count). The second-order valence-electron chi connectivity index (χ2n) is 0.300. The van der Waals surface area contributed by atoms with E-state index in [1.807, 2.05) is 0 Å².